The van der Waals surface area contributed by atoms with Crippen LogP contribution in [0.2, 0.25) is 10.0 Å². The number of benzene rings is 3. The molecule has 11 heteroatoms. The van der Waals surface area contributed by atoms with Crippen LogP contribution >= 0.6 is 35.0 Å². The predicted molar refractivity (Wildman–Crippen MR) is 139 cm³/mol. The topological polar surface area (TPSA) is 106 Å². The van der Waals surface area contributed by atoms with Gasteiger partial charge in [0.25, 0.3) is 11.7 Å². The van der Waals surface area contributed by atoms with E-state index in [0.29, 0.717) is 27.4 Å². The van der Waals surface area contributed by atoms with Gasteiger partial charge in [0.1, 0.15) is 11.4 Å². The number of nitrogens with one attached hydrogen (secondary N) is 2. The summed E-state index contributed by atoms with van der Waals surface area (Å²) < 4.78 is 7.20. The molecule has 1 amide bonds. The Labute approximate surface area is 221 Å². The first-order valence-electron chi connectivity index (χ1n) is 10.9. The fourth-order valence-corrected chi connectivity index (χ4v) is 4.25. The van der Waals surface area contributed by atoms with Crippen molar-refractivity contribution in [3.8, 4) is 28.6 Å². The molecule has 0 saturated carbocycles. The van der Waals surface area contributed by atoms with E-state index in [-0.39, 0.29) is 23.2 Å². The lowest BCUT2D eigenvalue weighted by Gasteiger charge is -2.13. The van der Waals surface area contributed by atoms with Crippen molar-refractivity contribution in [1.29, 1.82) is 0 Å². The van der Waals surface area contributed by atoms with Crippen LogP contribution in [0.4, 0.5) is 0 Å². The minimum atomic E-state index is -0.319. The Hall–Kier alpha value is -3.53. The van der Waals surface area contributed by atoms with Gasteiger partial charge in [-0.2, -0.15) is 9.67 Å². The molecule has 0 unspecified atom stereocenters. The average Bonchev–Trinajstić information content (AvgIpc) is 3.29. The van der Waals surface area contributed by atoms with Gasteiger partial charge in [0.15, 0.2) is 0 Å². The number of hydrogen-bond donors (Lipinski definition) is 2. The maximum absolute atomic E-state index is 12.4. The van der Waals surface area contributed by atoms with Crippen molar-refractivity contribution in [2.24, 2.45) is 5.10 Å². The van der Waals surface area contributed by atoms with Crippen LogP contribution in [0.3, 0.4) is 0 Å². The SMILES string of the molecule is CCOc1cc(/C=N/NC(=O)CSc2n[nH]c(-c3ccc(Cl)cc3)[n+]2-c2ccc(Cl)cc2)ccc1[O-]. The molecule has 1 heterocycles. The van der Waals surface area contributed by atoms with E-state index in [4.69, 9.17) is 27.9 Å². The summed E-state index contributed by atoms with van der Waals surface area (Å²) in [7, 11) is 0. The van der Waals surface area contributed by atoms with E-state index >= 15 is 0 Å². The van der Waals surface area contributed by atoms with Gasteiger partial charge in [0, 0.05) is 10.0 Å². The van der Waals surface area contributed by atoms with E-state index in [2.05, 4.69) is 20.7 Å². The number of ether oxygens (including phenoxy) is 1. The Bertz CT molecular complexity index is 1380. The lowest BCUT2D eigenvalue weighted by Crippen LogP contribution is -2.34. The summed E-state index contributed by atoms with van der Waals surface area (Å²) in [5.74, 6) is 0.507. The number of aromatic nitrogens is 3. The number of thioether (sulfide) groups is 1. The molecule has 0 spiro atoms. The molecule has 4 rings (SSSR count). The predicted octanol–water partition coefficient (Wildman–Crippen LogP) is 4.37. The first kappa shape index (κ1) is 25.6. The lowest BCUT2D eigenvalue weighted by atomic mass is 10.2. The van der Waals surface area contributed by atoms with Gasteiger partial charge in [-0.25, -0.2) is 5.43 Å². The molecule has 0 aliphatic carbocycles. The number of nitrogens with zero attached hydrogens (tertiary/aromatic N) is 3. The van der Waals surface area contributed by atoms with Crippen LogP contribution < -0.4 is 19.8 Å². The van der Waals surface area contributed by atoms with E-state index in [1.165, 1.54) is 24.0 Å². The molecule has 0 saturated heterocycles. The first-order valence-corrected chi connectivity index (χ1v) is 12.6. The number of H-pyrrole nitrogens is 1. The zero-order valence-corrected chi connectivity index (χ0v) is 21.4. The van der Waals surface area contributed by atoms with Gasteiger partial charge in [0.2, 0.25) is 0 Å². The largest absolute Gasteiger partial charge is 0.870 e. The van der Waals surface area contributed by atoms with Crippen molar-refractivity contribution in [1.82, 2.24) is 15.6 Å². The Kier molecular flexibility index (Phi) is 8.48. The summed E-state index contributed by atoms with van der Waals surface area (Å²) in [6, 6.07) is 19.3. The maximum Gasteiger partial charge on any atom is 0.342 e. The Morgan fingerprint density at radius 2 is 1.83 bits per heavy atom. The molecule has 0 aliphatic rings. The minimum Gasteiger partial charge on any atom is -0.870 e. The van der Waals surface area contributed by atoms with Crippen molar-refractivity contribution < 1.29 is 19.2 Å². The molecular formula is C25H21Cl2N5O3S. The van der Waals surface area contributed by atoms with Crippen molar-refractivity contribution in [2.45, 2.75) is 12.1 Å². The zero-order valence-electron chi connectivity index (χ0n) is 19.1. The van der Waals surface area contributed by atoms with Gasteiger partial charge >= 0.3 is 5.16 Å². The molecule has 2 N–H and O–H groups in total. The maximum atomic E-state index is 12.4. The summed E-state index contributed by atoms with van der Waals surface area (Å²) in [6.07, 6.45) is 1.45. The first-order chi connectivity index (χ1) is 17.4. The van der Waals surface area contributed by atoms with Crippen LogP contribution in [-0.4, -0.2) is 34.7 Å². The van der Waals surface area contributed by atoms with Gasteiger partial charge in [-0.15, -0.1) is 5.10 Å². The van der Waals surface area contributed by atoms with E-state index < -0.39 is 0 Å². The Morgan fingerprint density at radius 1 is 1.14 bits per heavy atom. The molecule has 184 valence electrons. The smallest absolute Gasteiger partial charge is 0.342 e. The van der Waals surface area contributed by atoms with Gasteiger partial charge < -0.3 is 9.84 Å². The van der Waals surface area contributed by atoms with Gasteiger partial charge in [-0.3, -0.25) is 4.79 Å². The van der Waals surface area contributed by atoms with E-state index in [9.17, 15) is 9.90 Å². The highest BCUT2D eigenvalue weighted by molar-refractivity contribution is 7.99. The summed E-state index contributed by atoms with van der Waals surface area (Å²) in [4.78, 5) is 12.4. The van der Waals surface area contributed by atoms with Crippen LogP contribution in [0, 0.1) is 0 Å². The highest BCUT2D eigenvalue weighted by Crippen LogP contribution is 2.24. The van der Waals surface area contributed by atoms with E-state index in [1.54, 1.807) is 43.3 Å². The third kappa shape index (κ3) is 6.37. The van der Waals surface area contributed by atoms with Crippen molar-refractivity contribution in [2.75, 3.05) is 12.4 Å². The van der Waals surface area contributed by atoms with Crippen molar-refractivity contribution in [3.63, 3.8) is 0 Å². The molecule has 0 aliphatic heterocycles. The van der Waals surface area contributed by atoms with E-state index in [1.807, 2.05) is 28.8 Å². The molecular weight excluding hydrogens is 521 g/mol. The quantitative estimate of drug-likeness (QED) is 0.141. The van der Waals surface area contributed by atoms with Crippen LogP contribution in [0.1, 0.15) is 12.5 Å². The molecule has 36 heavy (non-hydrogen) atoms. The van der Waals surface area contributed by atoms with Crippen molar-refractivity contribution >= 4 is 47.1 Å². The summed E-state index contributed by atoms with van der Waals surface area (Å²) in [5, 5.41) is 25.0. The standard InChI is InChI=1S/C25H21Cl2N5O3S/c1-2-35-22-13-16(3-12-21(22)33)14-28-29-23(34)15-36-25-31-30-24(17-4-6-18(26)7-5-17)32(25)20-10-8-19(27)9-11-20/h3-14H,2,15H2,1H3,(H2,28,29,33,34). The van der Waals surface area contributed by atoms with E-state index in [0.717, 1.165) is 17.1 Å². The fourth-order valence-electron chi connectivity index (χ4n) is 3.24. The second kappa shape index (κ2) is 11.9. The number of amides is 1. The highest BCUT2D eigenvalue weighted by atomic mass is 35.5. The number of halogens is 2. The minimum absolute atomic E-state index is 0.0690. The number of hydrogen-bond acceptors (Lipinski definition) is 6. The molecule has 4 aromatic rings. The Balaban J connectivity index is 1.47. The molecule has 0 bridgehead atoms. The Morgan fingerprint density at radius 3 is 2.53 bits per heavy atom. The molecule has 8 nitrogen and oxygen atoms in total. The van der Waals surface area contributed by atoms with Crippen LogP contribution in [0.15, 0.2) is 77.0 Å². The number of rotatable bonds is 9. The van der Waals surface area contributed by atoms with Gasteiger partial charge in [0.05, 0.1) is 29.2 Å². The second-order valence-corrected chi connectivity index (χ2v) is 9.21. The normalized spacial score (nSPS) is 11.1. The van der Waals surface area contributed by atoms with Gasteiger partial charge in [-0.05, 0) is 78.8 Å². The number of aromatic amines is 1. The zero-order chi connectivity index (χ0) is 25.5. The summed E-state index contributed by atoms with van der Waals surface area (Å²) >= 11 is 13.4. The third-order valence-corrected chi connectivity index (χ3v) is 6.32. The molecule has 1 aromatic heterocycles. The van der Waals surface area contributed by atoms with Crippen LogP contribution in [0.5, 0.6) is 11.5 Å². The van der Waals surface area contributed by atoms with Gasteiger partial charge in [-0.1, -0.05) is 41.1 Å². The summed E-state index contributed by atoms with van der Waals surface area (Å²) in [5.41, 5.74) is 4.82. The lowest BCUT2D eigenvalue weighted by molar-refractivity contribution is -0.625. The monoisotopic (exact) mass is 541 g/mol. The number of carbonyl (C=O) groups excluding carboxylic acids is 1. The molecule has 0 radical (unpaired) electrons. The third-order valence-electron chi connectivity index (χ3n) is 4.88. The van der Waals surface area contributed by atoms with Crippen molar-refractivity contribution in [3.05, 3.63) is 82.3 Å². The second-order valence-electron chi connectivity index (χ2n) is 7.39. The average molecular weight is 542 g/mol. The van der Waals surface area contributed by atoms with Crippen LogP contribution in [-0.2, 0) is 4.79 Å². The van der Waals surface area contributed by atoms with Crippen LogP contribution in [0.25, 0.3) is 17.1 Å². The summed E-state index contributed by atoms with van der Waals surface area (Å²) in [6.45, 7) is 2.18. The molecule has 0 fully saturated rings. The fraction of sp³-hybridized carbons (Fsp3) is 0.120. The molecule has 0 atom stereocenters. The number of carbonyl (C=O) groups is 1. The number of hydrazone groups is 1. The molecule has 3 aromatic carbocycles. The highest BCUT2D eigenvalue weighted by Gasteiger charge is 2.24.